The lowest BCUT2D eigenvalue weighted by molar-refractivity contribution is 0.0967. The third kappa shape index (κ3) is 1.86. The zero-order valence-corrected chi connectivity index (χ0v) is 6.77. The van der Waals surface area contributed by atoms with E-state index in [2.05, 4.69) is 0 Å². The lowest BCUT2D eigenvalue weighted by Crippen LogP contribution is -2.20. The average molecular weight is 159 g/mol. The summed E-state index contributed by atoms with van der Waals surface area (Å²) in [6.45, 7) is 2.57. The standard InChI is InChI=1S/C8H11ClO/c1-2-10-8(9)6-4-3-5-7-8/h4-7H,2-3H2,1H3. The van der Waals surface area contributed by atoms with Gasteiger partial charge in [-0.2, -0.15) is 0 Å². The van der Waals surface area contributed by atoms with Gasteiger partial charge in [0.2, 0.25) is 0 Å². The predicted octanol–water partition coefficient (Wildman–Crippen LogP) is 2.47. The van der Waals surface area contributed by atoms with Crippen molar-refractivity contribution in [1.82, 2.24) is 0 Å². The molecular weight excluding hydrogens is 148 g/mol. The SMILES string of the molecule is CCOC1(Cl)C=CCC=C1. The van der Waals surface area contributed by atoms with Crippen molar-refractivity contribution in [3.05, 3.63) is 24.3 Å². The third-order valence-corrected chi connectivity index (χ3v) is 1.69. The van der Waals surface area contributed by atoms with E-state index >= 15 is 0 Å². The molecular formula is C8H11ClO. The number of alkyl halides is 1. The van der Waals surface area contributed by atoms with E-state index in [1.165, 1.54) is 0 Å². The van der Waals surface area contributed by atoms with Gasteiger partial charge in [0, 0.05) is 6.61 Å². The maximum Gasteiger partial charge on any atom is 0.179 e. The topological polar surface area (TPSA) is 9.23 Å². The first-order valence-electron chi connectivity index (χ1n) is 3.45. The number of allylic oxidation sites excluding steroid dienone is 2. The minimum atomic E-state index is -0.660. The van der Waals surface area contributed by atoms with Gasteiger partial charge in [0.05, 0.1) is 0 Å². The van der Waals surface area contributed by atoms with Crippen LogP contribution in [0.3, 0.4) is 0 Å². The van der Waals surface area contributed by atoms with Crippen LogP contribution in [0.4, 0.5) is 0 Å². The van der Waals surface area contributed by atoms with Crippen LogP contribution in [0.15, 0.2) is 24.3 Å². The highest BCUT2D eigenvalue weighted by molar-refractivity contribution is 6.25. The predicted molar refractivity (Wildman–Crippen MR) is 43.1 cm³/mol. The van der Waals surface area contributed by atoms with Crippen LogP contribution in [0.25, 0.3) is 0 Å². The van der Waals surface area contributed by atoms with Gasteiger partial charge in [0.1, 0.15) is 0 Å². The molecule has 0 atom stereocenters. The Morgan fingerprint density at radius 2 is 2.10 bits per heavy atom. The smallest absolute Gasteiger partial charge is 0.179 e. The minimum absolute atomic E-state index is 0.637. The zero-order valence-electron chi connectivity index (χ0n) is 6.01. The molecule has 0 aromatic rings. The molecule has 0 saturated heterocycles. The van der Waals surface area contributed by atoms with E-state index < -0.39 is 5.06 Å². The number of hydrogen-bond acceptors (Lipinski definition) is 1. The molecule has 10 heavy (non-hydrogen) atoms. The number of rotatable bonds is 2. The van der Waals surface area contributed by atoms with Crippen LogP contribution in [0.1, 0.15) is 13.3 Å². The largest absolute Gasteiger partial charge is 0.353 e. The fraction of sp³-hybridized carbons (Fsp3) is 0.500. The first-order chi connectivity index (χ1) is 4.77. The van der Waals surface area contributed by atoms with Crippen molar-refractivity contribution in [2.24, 2.45) is 0 Å². The fourth-order valence-corrected chi connectivity index (χ4v) is 1.20. The lowest BCUT2D eigenvalue weighted by atomic mass is 10.1. The van der Waals surface area contributed by atoms with Crippen LogP contribution in [-0.4, -0.2) is 11.7 Å². The summed E-state index contributed by atoms with van der Waals surface area (Å²) in [4.78, 5) is 0. The molecule has 0 amide bonds. The quantitative estimate of drug-likeness (QED) is 0.443. The van der Waals surface area contributed by atoms with E-state index in [1.54, 1.807) is 0 Å². The Morgan fingerprint density at radius 3 is 2.60 bits per heavy atom. The van der Waals surface area contributed by atoms with Crippen molar-refractivity contribution in [3.8, 4) is 0 Å². The van der Waals surface area contributed by atoms with Gasteiger partial charge in [-0.1, -0.05) is 23.8 Å². The van der Waals surface area contributed by atoms with Crippen molar-refractivity contribution >= 4 is 11.6 Å². The van der Waals surface area contributed by atoms with E-state index in [-0.39, 0.29) is 0 Å². The molecule has 0 fully saturated rings. The second-order valence-corrected chi connectivity index (χ2v) is 2.76. The zero-order chi connectivity index (χ0) is 7.45. The van der Waals surface area contributed by atoms with Gasteiger partial charge < -0.3 is 4.74 Å². The van der Waals surface area contributed by atoms with Crippen molar-refractivity contribution in [3.63, 3.8) is 0 Å². The molecule has 0 aromatic carbocycles. The molecule has 0 N–H and O–H groups in total. The van der Waals surface area contributed by atoms with Crippen LogP contribution < -0.4 is 0 Å². The Bertz CT molecular complexity index is 149. The number of hydrogen-bond donors (Lipinski definition) is 0. The van der Waals surface area contributed by atoms with Crippen molar-refractivity contribution in [1.29, 1.82) is 0 Å². The van der Waals surface area contributed by atoms with Gasteiger partial charge in [-0.25, -0.2) is 0 Å². The third-order valence-electron chi connectivity index (χ3n) is 1.33. The maximum absolute atomic E-state index is 5.98. The summed E-state index contributed by atoms with van der Waals surface area (Å²) in [5.41, 5.74) is 0. The molecule has 0 heterocycles. The summed E-state index contributed by atoms with van der Waals surface area (Å²) in [5.74, 6) is 0. The van der Waals surface area contributed by atoms with Crippen LogP contribution in [-0.2, 0) is 4.74 Å². The van der Waals surface area contributed by atoms with E-state index in [0.717, 1.165) is 6.42 Å². The molecule has 0 saturated carbocycles. The second-order valence-electron chi connectivity index (χ2n) is 2.17. The van der Waals surface area contributed by atoms with Gasteiger partial charge in [0.15, 0.2) is 5.06 Å². The maximum atomic E-state index is 5.98. The molecule has 2 heteroatoms. The highest BCUT2D eigenvalue weighted by Gasteiger charge is 2.20. The molecule has 0 spiro atoms. The lowest BCUT2D eigenvalue weighted by Gasteiger charge is -2.20. The van der Waals surface area contributed by atoms with E-state index in [9.17, 15) is 0 Å². The molecule has 1 aliphatic carbocycles. The van der Waals surface area contributed by atoms with Gasteiger partial charge in [-0.15, -0.1) is 0 Å². The van der Waals surface area contributed by atoms with Crippen molar-refractivity contribution in [2.75, 3.05) is 6.61 Å². The van der Waals surface area contributed by atoms with Crippen LogP contribution in [0.2, 0.25) is 0 Å². The second kappa shape index (κ2) is 3.22. The van der Waals surface area contributed by atoms with Crippen molar-refractivity contribution < 1.29 is 4.74 Å². The summed E-state index contributed by atoms with van der Waals surface area (Å²) < 4.78 is 5.26. The van der Waals surface area contributed by atoms with Gasteiger partial charge in [-0.3, -0.25) is 0 Å². The monoisotopic (exact) mass is 158 g/mol. The molecule has 56 valence electrons. The Labute approximate surface area is 66.3 Å². The molecule has 1 rings (SSSR count). The van der Waals surface area contributed by atoms with Crippen LogP contribution >= 0.6 is 11.6 Å². The average Bonchev–Trinajstić information content (AvgIpc) is 1.89. The fourth-order valence-electron chi connectivity index (χ4n) is 0.909. The highest BCUT2D eigenvalue weighted by Crippen LogP contribution is 2.24. The summed E-state index contributed by atoms with van der Waals surface area (Å²) in [6.07, 6.45) is 8.71. The summed E-state index contributed by atoms with van der Waals surface area (Å²) in [5, 5.41) is -0.660. The molecule has 1 nitrogen and oxygen atoms in total. The summed E-state index contributed by atoms with van der Waals surface area (Å²) in [6, 6.07) is 0. The Balaban J connectivity index is 2.56. The Morgan fingerprint density at radius 1 is 1.50 bits per heavy atom. The normalized spacial score (nSPS) is 21.4. The van der Waals surface area contributed by atoms with E-state index in [4.69, 9.17) is 16.3 Å². The molecule has 0 aromatic heterocycles. The van der Waals surface area contributed by atoms with Gasteiger partial charge >= 0.3 is 0 Å². The van der Waals surface area contributed by atoms with E-state index in [1.807, 2.05) is 31.2 Å². The summed E-state index contributed by atoms with van der Waals surface area (Å²) in [7, 11) is 0. The molecule has 0 aliphatic heterocycles. The Hall–Kier alpha value is -0.270. The highest BCUT2D eigenvalue weighted by atomic mass is 35.5. The number of halogens is 1. The summed E-state index contributed by atoms with van der Waals surface area (Å²) >= 11 is 5.98. The first-order valence-corrected chi connectivity index (χ1v) is 3.83. The van der Waals surface area contributed by atoms with E-state index in [0.29, 0.717) is 6.61 Å². The molecule has 1 aliphatic rings. The molecule has 0 bridgehead atoms. The van der Waals surface area contributed by atoms with Crippen LogP contribution in [0.5, 0.6) is 0 Å². The Kier molecular flexibility index (Phi) is 2.52. The van der Waals surface area contributed by atoms with Gasteiger partial charge in [0.25, 0.3) is 0 Å². The molecule has 0 unspecified atom stereocenters. The minimum Gasteiger partial charge on any atom is -0.353 e. The molecule has 0 radical (unpaired) electrons. The van der Waals surface area contributed by atoms with Crippen LogP contribution in [0, 0.1) is 0 Å². The van der Waals surface area contributed by atoms with Gasteiger partial charge in [-0.05, 0) is 25.5 Å². The van der Waals surface area contributed by atoms with Crippen molar-refractivity contribution in [2.45, 2.75) is 18.4 Å². The number of ether oxygens (including phenoxy) is 1. The first kappa shape index (κ1) is 7.83.